The summed E-state index contributed by atoms with van der Waals surface area (Å²) < 4.78 is 53.5. The maximum absolute atomic E-state index is 14.3. The molecule has 2 aromatic rings. The van der Waals surface area contributed by atoms with Crippen LogP contribution in [0.4, 0.5) is 17.6 Å². The Labute approximate surface area is 218 Å². The lowest BCUT2D eigenvalue weighted by atomic mass is 9.71. The molecule has 10 heteroatoms. The first-order valence-electron chi connectivity index (χ1n) is 12.4. The molecule has 0 aromatic heterocycles. The first kappa shape index (κ1) is 27.3. The number of benzene rings is 2. The normalized spacial score (nSPS) is 18.1. The summed E-state index contributed by atoms with van der Waals surface area (Å²) in [5, 5.41) is 2.44. The molecule has 0 radical (unpaired) electrons. The summed E-state index contributed by atoms with van der Waals surface area (Å²) in [7, 11) is 1.70. The molecule has 0 unspecified atom stereocenters. The third-order valence-electron chi connectivity index (χ3n) is 7.34. The van der Waals surface area contributed by atoms with E-state index in [9.17, 15) is 31.9 Å². The Bertz CT molecular complexity index is 1270. The number of hydrogen-bond acceptors (Lipinski definition) is 3. The summed E-state index contributed by atoms with van der Waals surface area (Å²) in [6, 6.07) is 10.1. The number of piperidine rings is 1. The maximum Gasteiger partial charge on any atom is 0.416 e. The van der Waals surface area contributed by atoms with E-state index in [1.807, 2.05) is 36.5 Å². The highest BCUT2D eigenvalue weighted by atomic mass is 19.4. The van der Waals surface area contributed by atoms with Gasteiger partial charge in [-0.3, -0.25) is 14.4 Å². The van der Waals surface area contributed by atoms with Crippen molar-refractivity contribution >= 4 is 23.3 Å². The van der Waals surface area contributed by atoms with Gasteiger partial charge in [-0.05, 0) is 48.1 Å². The van der Waals surface area contributed by atoms with E-state index in [0.29, 0.717) is 31.0 Å². The molecule has 4 rings (SSSR count). The fourth-order valence-corrected chi connectivity index (χ4v) is 5.19. The van der Waals surface area contributed by atoms with Crippen LogP contribution >= 0.6 is 0 Å². The molecule has 2 aliphatic heterocycles. The minimum Gasteiger partial charge on any atom is -0.341 e. The molecule has 0 saturated carbocycles. The van der Waals surface area contributed by atoms with Crippen molar-refractivity contribution in [2.45, 2.75) is 38.9 Å². The summed E-state index contributed by atoms with van der Waals surface area (Å²) in [6.45, 7) is 3.87. The zero-order chi connectivity index (χ0) is 27.8. The lowest BCUT2D eigenvalue weighted by molar-refractivity contribution is -0.142. The van der Waals surface area contributed by atoms with Gasteiger partial charge in [-0.15, -0.1) is 0 Å². The predicted molar refractivity (Wildman–Crippen MR) is 133 cm³/mol. The number of rotatable bonds is 5. The number of likely N-dealkylation sites (tertiary alicyclic amines) is 1. The smallest absolute Gasteiger partial charge is 0.341 e. The van der Waals surface area contributed by atoms with Crippen molar-refractivity contribution in [2.24, 2.45) is 11.3 Å². The number of halogens is 4. The number of nitrogens with one attached hydrogen (secondary N) is 1. The molecule has 1 saturated heterocycles. The Balaban J connectivity index is 1.50. The van der Waals surface area contributed by atoms with E-state index in [2.05, 4.69) is 5.32 Å². The molecule has 202 valence electrons. The van der Waals surface area contributed by atoms with Crippen LogP contribution in [-0.4, -0.2) is 53.7 Å². The van der Waals surface area contributed by atoms with Gasteiger partial charge < -0.3 is 15.1 Å². The summed E-state index contributed by atoms with van der Waals surface area (Å²) >= 11 is 0. The van der Waals surface area contributed by atoms with Crippen LogP contribution in [0.5, 0.6) is 0 Å². The largest absolute Gasteiger partial charge is 0.416 e. The molecule has 1 fully saturated rings. The van der Waals surface area contributed by atoms with E-state index in [0.717, 1.165) is 11.1 Å². The zero-order valence-corrected chi connectivity index (χ0v) is 21.3. The van der Waals surface area contributed by atoms with E-state index in [-0.39, 0.29) is 19.0 Å². The standard InChI is InChI=1S/C28H29F4N3O3/c1-17(2)23(33-24(36)20-15-19(28(30,31)32)9-10-22(20)29)25(37)35-13-11-27(12-14-35)21(16-34(3)26(27)38)18-7-5-4-6-8-18/h4-10,15-17,23H,11-14H2,1-3H3,(H,33,36)/t23-/m1/s1. The van der Waals surface area contributed by atoms with Gasteiger partial charge >= 0.3 is 6.18 Å². The number of alkyl halides is 3. The second kappa shape index (κ2) is 10.2. The van der Waals surface area contributed by atoms with Crippen LogP contribution in [0.25, 0.3) is 5.57 Å². The Morgan fingerprint density at radius 3 is 2.24 bits per heavy atom. The van der Waals surface area contributed by atoms with Gasteiger partial charge in [-0.25, -0.2) is 4.39 Å². The Morgan fingerprint density at radius 2 is 1.66 bits per heavy atom. The minimum absolute atomic E-state index is 0.0443. The summed E-state index contributed by atoms with van der Waals surface area (Å²) in [5.74, 6) is -3.11. The van der Waals surface area contributed by atoms with Crippen LogP contribution < -0.4 is 5.32 Å². The van der Waals surface area contributed by atoms with Gasteiger partial charge in [0.05, 0.1) is 16.5 Å². The van der Waals surface area contributed by atoms with Gasteiger partial charge in [0.1, 0.15) is 11.9 Å². The van der Waals surface area contributed by atoms with Gasteiger partial charge in [-0.2, -0.15) is 13.2 Å². The van der Waals surface area contributed by atoms with E-state index < -0.39 is 52.3 Å². The van der Waals surface area contributed by atoms with Gasteiger partial charge in [0, 0.05) is 26.3 Å². The fraction of sp³-hybridized carbons (Fsp3) is 0.393. The number of carbonyl (C=O) groups excluding carboxylic acids is 3. The molecule has 38 heavy (non-hydrogen) atoms. The first-order valence-corrected chi connectivity index (χ1v) is 12.4. The predicted octanol–water partition coefficient (Wildman–Crippen LogP) is 4.72. The van der Waals surface area contributed by atoms with Crippen LogP contribution in [0.1, 0.15) is 48.2 Å². The third-order valence-corrected chi connectivity index (χ3v) is 7.34. The number of nitrogens with zero attached hydrogens (tertiary/aromatic N) is 2. The first-order chi connectivity index (χ1) is 17.8. The van der Waals surface area contributed by atoms with Gasteiger partial charge in [0.15, 0.2) is 0 Å². The highest BCUT2D eigenvalue weighted by molar-refractivity contribution is 6.02. The average molecular weight is 532 g/mol. The van der Waals surface area contributed by atoms with Crippen molar-refractivity contribution in [1.29, 1.82) is 0 Å². The van der Waals surface area contributed by atoms with E-state index in [4.69, 9.17) is 0 Å². The highest BCUT2D eigenvalue weighted by Gasteiger charge is 2.50. The summed E-state index contributed by atoms with van der Waals surface area (Å²) in [6.07, 6.45) is -2.16. The molecule has 6 nitrogen and oxygen atoms in total. The molecule has 2 heterocycles. The van der Waals surface area contributed by atoms with Crippen molar-refractivity contribution in [3.05, 3.63) is 77.2 Å². The molecule has 1 atom stereocenters. The lowest BCUT2D eigenvalue weighted by Crippen LogP contribution is -2.55. The second-order valence-corrected chi connectivity index (χ2v) is 10.1. The van der Waals surface area contributed by atoms with E-state index in [1.54, 1.807) is 30.7 Å². The molecule has 0 bridgehead atoms. The van der Waals surface area contributed by atoms with Crippen molar-refractivity contribution in [3.63, 3.8) is 0 Å². The second-order valence-electron chi connectivity index (χ2n) is 10.1. The van der Waals surface area contributed by atoms with Crippen molar-refractivity contribution in [2.75, 3.05) is 20.1 Å². The zero-order valence-electron chi connectivity index (χ0n) is 21.3. The highest BCUT2D eigenvalue weighted by Crippen LogP contribution is 2.49. The van der Waals surface area contributed by atoms with Gasteiger partial charge in [0.2, 0.25) is 11.8 Å². The van der Waals surface area contributed by atoms with Crippen molar-refractivity contribution in [1.82, 2.24) is 15.1 Å². The van der Waals surface area contributed by atoms with Crippen LogP contribution in [0.3, 0.4) is 0 Å². The molecule has 1 spiro atoms. The van der Waals surface area contributed by atoms with Gasteiger partial charge in [-0.1, -0.05) is 44.2 Å². The molecule has 2 aromatic carbocycles. The molecule has 1 N–H and O–H groups in total. The van der Waals surface area contributed by atoms with Crippen LogP contribution in [0.2, 0.25) is 0 Å². The molecule has 0 aliphatic carbocycles. The molecule has 2 aliphatic rings. The van der Waals surface area contributed by atoms with E-state index in [1.165, 1.54) is 0 Å². The van der Waals surface area contributed by atoms with E-state index >= 15 is 0 Å². The number of amides is 3. The molecular formula is C28H29F4N3O3. The summed E-state index contributed by atoms with van der Waals surface area (Å²) in [4.78, 5) is 42.6. The Hall–Kier alpha value is -3.69. The monoisotopic (exact) mass is 531 g/mol. The lowest BCUT2D eigenvalue weighted by Gasteiger charge is -2.41. The SMILES string of the molecule is CC(C)[C@@H](NC(=O)c1cc(C(F)(F)F)ccc1F)C(=O)N1CCC2(CC1)C(=O)N(C)C=C2c1ccccc1. The van der Waals surface area contributed by atoms with Gasteiger partial charge in [0.25, 0.3) is 5.91 Å². The maximum atomic E-state index is 14.3. The van der Waals surface area contributed by atoms with Crippen molar-refractivity contribution < 1.29 is 31.9 Å². The topological polar surface area (TPSA) is 69.7 Å². The number of hydrogen-bond donors (Lipinski definition) is 1. The fourth-order valence-electron chi connectivity index (χ4n) is 5.19. The minimum atomic E-state index is -4.75. The van der Waals surface area contributed by atoms with Crippen LogP contribution in [0, 0.1) is 17.2 Å². The summed E-state index contributed by atoms with van der Waals surface area (Å²) in [5.41, 5.74) is -0.892. The Kier molecular flexibility index (Phi) is 7.36. The average Bonchev–Trinajstić information content (AvgIpc) is 3.12. The molecule has 3 amide bonds. The van der Waals surface area contributed by atoms with Crippen molar-refractivity contribution in [3.8, 4) is 0 Å². The van der Waals surface area contributed by atoms with Crippen LogP contribution in [-0.2, 0) is 15.8 Å². The molecular weight excluding hydrogens is 502 g/mol. The Morgan fingerprint density at radius 1 is 1.03 bits per heavy atom. The number of carbonyl (C=O) groups is 3. The van der Waals surface area contributed by atoms with Crippen LogP contribution in [0.15, 0.2) is 54.7 Å². The third kappa shape index (κ3) is 5.04. The quantitative estimate of drug-likeness (QED) is 0.568.